The lowest BCUT2D eigenvalue weighted by Gasteiger charge is -2.26. The first-order chi connectivity index (χ1) is 10.4. The predicted molar refractivity (Wildman–Crippen MR) is 84.9 cm³/mol. The van der Waals surface area contributed by atoms with Gasteiger partial charge in [-0.05, 0) is 20.8 Å². The first kappa shape index (κ1) is 16.1. The largest absolute Gasteiger partial charge is 0.339 e. The molecule has 0 aliphatic heterocycles. The molecule has 1 aliphatic rings. The van der Waals surface area contributed by atoms with Gasteiger partial charge < -0.3 is 4.90 Å². The minimum atomic E-state index is -0.582. The molecule has 2 rings (SSSR count). The molecule has 1 atom stereocenters. The summed E-state index contributed by atoms with van der Waals surface area (Å²) in [5, 5.41) is 0. The molecule has 0 aromatic heterocycles. The van der Waals surface area contributed by atoms with E-state index in [0.717, 1.165) is 0 Å². The Bertz CT molecular complexity index is 669. The third-order valence-electron chi connectivity index (χ3n) is 4.28. The third-order valence-corrected chi connectivity index (χ3v) is 4.28. The van der Waals surface area contributed by atoms with Gasteiger partial charge in [-0.3, -0.25) is 14.4 Å². The lowest BCUT2D eigenvalue weighted by atomic mass is 9.77. The van der Waals surface area contributed by atoms with E-state index in [2.05, 4.69) is 0 Å². The molecule has 116 valence electrons. The van der Waals surface area contributed by atoms with E-state index >= 15 is 0 Å². The number of likely N-dealkylation sites (N-methyl/N-ethyl adjacent to an activating group) is 1. The Labute approximate surface area is 130 Å². The number of hydrogen-bond acceptors (Lipinski definition) is 3. The van der Waals surface area contributed by atoms with Gasteiger partial charge in [-0.25, -0.2) is 0 Å². The van der Waals surface area contributed by atoms with E-state index in [-0.39, 0.29) is 17.5 Å². The van der Waals surface area contributed by atoms with E-state index in [1.165, 1.54) is 0 Å². The van der Waals surface area contributed by atoms with Crippen LogP contribution in [0.15, 0.2) is 35.4 Å². The minimum Gasteiger partial charge on any atom is -0.339 e. The average Bonchev–Trinajstić information content (AvgIpc) is 2.53. The van der Waals surface area contributed by atoms with Crippen LogP contribution in [-0.4, -0.2) is 35.5 Å². The molecule has 1 amide bonds. The summed E-state index contributed by atoms with van der Waals surface area (Å²) in [5.41, 5.74) is 1.56. The Morgan fingerprint density at radius 3 is 2.18 bits per heavy atom. The lowest BCUT2D eigenvalue weighted by molar-refractivity contribution is -0.126. The minimum absolute atomic E-state index is 0.100. The Morgan fingerprint density at radius 2 is 1.64 bits per heavy atom. The van der Waals surface area contributed by atoms with Crippen molar-refractivity contribution in [3.63, 3.8) is 0 Å². The van der Waals surface area contributed by atoms with Crippen molar-refractivity contribution < 1.29 is 14.4 Å². The van der Waals surface area contributed by atoms with Gasteiger partial charge in [0.1, 0.15) is 0 Å². The van der Waals surface area contributed by atoms with Crippen LogP contribution >= 0.6 is 0 Å². The first-order valence-corrected chi connectivity index (χ1v) is 7.61. The molecular formula is C18H21NO3. The van der Waals surface area contributed by atoms with Crippen LogP contribution in [0.25, 0.3) is 0 Å². The van der Waals surface area contributed by atoms with E-state index in [1.54, 1.807) is 43.0 Å². The fourth-order valence-corrected chi connectivity index (χ4v) is 2.96. The van der Waals surface area contributed by atoms with Crippen LogP contribution in [0.2, 0.25) is 0 Å². The van der Waals surface area contributed by atoms with Crippen molar-refractivity contribution in [2.24, 2.45) is 5.92 Å². The summed E-state index contributed by atoms with van der Waals surface area (Å²) < 4.78 is 0. The molecule has 0 spiro atoms. The van der Waals surface area contributed by atoms with Crippen LogP contribution in [0.4, 0.5) is 0 Å². The van der Waals surface area contributed by atoms with Crippen LogP contribution in [-0.2, 0) is 4.79 Å². The summed E-state index contributed by atoms with van der Waals surface area (Å²) in [6.07, 6.45) is 0. The van der Waals surface area contributed by atoms with Gasteiger partial charge in [0, 0.05) is 41.3 Å². The second-order valence-corrected chi connectivity index (χ2v) is 5.48. The normalized spacial score (nSPS) is 19.7. The van der Waals surface area contributed by atoms with E-state index in [1.807, 2.05) is 13.8 Å². The summed E-state index contributed by atoms with van der Waals surface area (Å²) in [4.78, 5) is 39.4. The Hall–Kier alpha value is -2.23. The highest BCUT2D eigenvalue weighted by atomic mass is 16.2. The van der Waals surface area contributed by atoms with E-state index < -0.39 is 5.92 Å². The van der Waals surface area contributed by atoms with Gasteiger partial charge in [0.2, 0.25) is 5.91 Å². The maximum Gasteiger partial charge on any atom is 0.249 e. The molecule has 22 heavy (non-hydrogen) atoms. The number of allylic oxidation sites excluding steroid dienone is 1. The molecule has 0 fully saturated rings. The fourth-order valence-electron chi connectivity index (χ4n) is 2.96. The van der Waals surface area contributed by atoms with Crippen molar-refractivity contribution in [3.05, 3.63) is 46.5 Å². The molecule has 1 unspecified atom stereocenters. The fraction of sp³-hybridized carbons (Fsp3) is 0.389. The van der Waals surface area contributed by atoms with Gasteiger partial charge >= 0.3 is 0 Å². The van der Waals surface area contributed by atoms with Crippen LogP contribution in [0.3, 0.4) is 0 Å². The Morgan fingerprint density at radius 1 is 1.09 bits per heavy atom. The van der Waals surface area contributed by atoms with Crippen molar-refractivity contribution in [3.8, 4) is 0 Å². The van der Waals surface area contributed by atoms with E-state index in [9.17, 15) is 14.4 Å². The van der Waals surface area contributed by atoms with Crippen LogP contribution in [0.1, 0.15) is 48.4 Å². The monoisotopic (exact) mass is 299 g/mol. The highest BCUT2D eigenvalue weighted by molar-refractivity contribution is 6.25. The highest BCUT2D eigenvalue weighted by Crippen LogP contribution is 2.32. The Kier molecular flexibility index (Phi) is 4.59. The first-order valence-electron chi connectivity index (χ1n) is 7.61. The zero-order valence-electron chi connectivity index (χ0n) is 13.5. The third kappa shape index (κ3) is 2.49. The van der Waals surface area contributed by atoms with Gasteiger partial charge in [-0.1, -0.05) is 31.2 Å². The topological polar surface area (TPSA) is 54.5 Å². The highest BCUT2D eigenvalue weighted by Gasteiger charge is 2.36. The van der Waals surface area contributed by atoms with Crippen molar-refractivity contribution in [1.82, 2.24) is 4.90 Å². The van der Waals surface area contributed by atoms with Crippen LogP contribution < -0.4 is 0 Å². The molecular weight excluding hydrogens is 278 g/mol. The van der Waals surface area contributed by atoms with Crippen molar-refractivity contribution >= 4 is 17.5 Å². The second kappa shape index (κ2) is 6.26. The van der Waals surface area contributed by atoms with Crippen molar-refractivity contribution in [2.75, 3.05) is 13.1 Å². The molecule has 1 aliphatic carbocycles. The number of carbonyl (C=O) groups excluding carboxylic acids is 3. The molecule has 0 N–H and O–H groups in total. The van der Waals surface area contributed by atoms with Gasteiger partial charge in [0.05, 0.1) is 0 Å². The zero-order valence-corrected chi connectivity index (χ0v) is 13.5. The number of carbonyl (C=O) groups is 3. The maximum absolute atomic E-state index is 12.7. The summed E-state index contributed by atoms with van der Waals surface area (Å²) in [5.74, 6) is -1.06. The molecule has 4 heteroatoms. The number of Topliss-reactive ketones (excluding diaryl/α,β-unsaturated/α-hetero) is 2. The summed E-state index contributed by atoms with van der Waals surface area (Å²) in [6, 6.07) is 6.81. The number of ketones is 2. The Balaban J connectivity index is 2.56. The van der Waals surface area contributed by atoms with Crippen molar-refractivity contribution in [1.29, 1.82) is 0 Å². The number of rotatable bonds is 3. The van der Waals surface area contributed by atoms with Gasteiger partial charge in [0.15, 0.2) is 11.6 Å². The number of amides is 1. The summed E-state index contributed by atoms with van der Waals surface area (Å²) in [7, 11) is 0. The van der Waals surface area contributed by atoms with Crippen LogP contribution in [0.5, 0.6) is 0 Å². The predicted octanol–water partition coefficient (Wildman–Crippen LogP) is 2.89. The average molecular weight is 299 g/mol. The second-order valence-electron chi connectivity index (χ2n) is 5.48. The molecule has 1 aromatic carbocycles. The van der Waals surface area contributed by atoms with E-state index in [0.29, 0.717) is 35.4 Å². The number of fused-ring (bicyclic) bond motifs is 1. The molecule has 0 bridgehead atoms. The van der Waals surface area contributed by atoms with E-state index in [4.69, 9.17) is 0 Å². The smallest absolute Gasteiger partial charge is 0.249 e. The molecule has 0 heterocycles. The van der Waals surface area contributed by atoms with Crippen LogP contribution in [0, 0.1) is 5.92 Å². The van der Waals surface area contributed by atoms with Gasteiger partial charge in [-0.2, -0.15) is 0 Å². The standard InChI is InChI=1S/C18H21NO3/c1-5-19(6-2)18(22)12(4)15-11(3)16(20)13-9-7-8-10-14(13)17(15)21/h7-11H,5-6H2,1-4H3/b15-12-. The number of hydrogen-bond donors (Lipinski definition) is 0. The summed E-state index contributed by atoms with van der Waals surface area (Å²) >= 11 is 0. The molecule has 4 nitrogen and oxygen atoms in total. The molecule has 0 radical (unpaired) electrons. The quantitative estimate of drug-likeness (QED) is 0.806. The lowest BCUT2D eigenvalue weighted by Crippen LogP contribution is -2.35. The van der Waals surface area contributed by atoms with Gasteiger partial charge in [0.25, 0.3) is 0 Å². The summed E-state index contributed by atoms with van der Waals surface area (Å²) in [6.45, 7) is 8.29. The SMILES string of the molecule is CCN(CC)C(=O)/C(C)=C1\C(=O)c2ccccc2C(=O)C1C. The maximum atomic E-state index is 12.7. The zero-order chi connectivity index (χ0) is 16.4. The molecule has 0 saturated heterocycles. The number of benzene rings is 1. The van der Waals surface area contributed by atoms with Gasteiger partial charge in [-0.15, -0.1) is 0 Å². The molecule has 0 saturated carbocycles. The number of nitrogens with zero attached hydrogens (tertiary/aromatic N) is 1. The molecule has 1 aromatic rings. The van der Waals surface area contributed by atoms with Crippen molar-refractivity contribution in [2.45, 2.75) is 27.7 Å².